The molecule has 5 rings (SSSR count). The number of carbonyl (C=O) groups excluding carboxylic acids is 2. The second-order valence-electron chi connectivity index (χ2n) is 9.57. The van der Waals surface area contributed by atoms with Gasteiger partial charge in [0.15, 0.2) is 0 Å². The van der Waals surface area contributed by atoms with E-state index in [1.54, 1.807) is 66.9 Å². The van der Waals surface area contributed by atoms with Crippen LogP contribution in [0, 0.1) is 18.3 Å². The number of aromatic nitrogens is 1. The first-order valence-corrected chi connectivity index (χ1v) is 13.4. The molecule has 43 heavy (non-hydrogen) atoms. The number of aliphatic carboxylic acids is 1. The van der Waals surface area contributed by atoms with Gasteiger partial charge in [-0.15, -0.1) is 0 Å². The number of aryl methyl sites for hydroxylation is 1. The summed E-state index contributed by atoms with van der Waals surface area (Å²) in [4.78, 5) is 36.6. The second kappa shape index (κ2) is 12.3. The van der Waals surface area contributed by atoms with Crippen LogP contribution in [0.15, 0.2) is 103 Å². The van der Waals surface area contributed by atoms with Crippen molar-refractivity contribution >= 4 is 63.5 Å². The first-order valence-electron chi connectivity index (χ1n) is 13.0. The number of benzene rings is 4. The van der Waals surface area contributed by atoms with Crippen LogP contribution in [0.1, 0.15) is 21.5 Å². The Morgan fingerprint density at radius 3 is 2.16 bits per heavy atom. The molecule has 0 bridgehead atoms. The Bertz CT molecular complexity index is 1940. The molecule has 0 radical (unpaired) electrons. The lowest BCUT2D eigenvalue weighted by Crippen LogP contribution is -2.19. The third-order valence-corrected chi connectivity index (χ3v) is 7.04. The molecular weight excluding hydrogens is 566 g/mol. The number of para-hydroxylation sites is 1. The average molecular weight is 590 g/mol. The van der Waals surface area contributed by atoms with Gasteiger partial charge < -0.3 is 25.6 Å². The Labute approximate surface area is 251 Å². The van der Waals surface area contributed by atoms with Crippen molar-refractivity contribution in [1.82, 2.24) is 4.57 Å². The number of rotatable bonds is 7. The average Bonchev–Trinajstić information content (AvgIpc) is 3.36. The molecule has 212 valence electrons. The molecule has 4 N–H and O–H groups in total. The summed E-state index contributed by atoms with van der Waals surface area (Å²) in [6.07, 6.45) is 3.12. The number of fused-ring (bicyclic) bond motifs is 1. The van der Waals surface area contributed by atoms with Gasteiger partial charge in [-0.05, 0) is 91.4 Å². The van der Waals surface area contributed by atoms with E-state index >= 15 is 0 Å². The predicted octanol–water partition coefficient (Wildman–Crippen LogP) is 7.48. The molecule has 0 aliphatic heterocycles. The molecular formula is C33H24ClN5O4. The molecule has 0 spiro atoms. The van der Waals surface area contributed by atoms with Gasteiger partial charge in [0.2, 0.25) is 0 Å². The van der Waals surface area contributed by atoms with E-state index < -0.39 is 12.0 Å². The Kier molecular flexibility index (Phi) is 8.23. The molecule has 0 aliphatic carbocycles. The van der Waals surface area contributed by atoms with E-state index in [1.165, 1.54) is 6.08 Å². The highest BCUT2D eigenvalue weighted by molar-refractivity contribution is 6.31. The monoisotopic (exact) mass is 589 g/mol. The summed E-state index contributed by atoms with van der Waals surface area (Å²) in [6, 6.07) is 27.6. The predicted molar refractivity (Wildman–Crippen MR) is 168 cm³/mol. The minimum Gasteiger partial charge on any atom is -0.477 e. The number of hydrogen-bond acceptors (Lipinski definition) is 4. The fraction of sp³-hybridized carbons (Fsp3) is 0.0303. The fourth-order valence-corrected chi connectivity index (χ4v) is 4.58. The summed E-state index contributed by atoms with van der Waals surface area (Å²) in [7, 11) is 0. The molecule has 0 saturated heterocycles. The lowest BCUT2D eigenvalue weighted by atomic mass is 10.1. The van der Waals surface area contributed by atoms with Crippen LogP contribution in [-0.2, 0) is 4.79 Å². The molecule has 9 nitrogen and oxygen atoms in total. The van der Waals surface area contributed by atoms with Gasteiger partial charge >= 0.3 is 12.0 Å². The highest BCUT2D eigenvalue weighted by atomic mass is 35.5. The summed E-state index contributed by atoms with van der Waals surface area (Å²) >= 11 is 6.03. The van der Waals surface area contributed by atoms with Crippen molar-refractivity contribution in [2.45, 2.75) is 6.92 Å². The van der Waals surface area contributed by atoms with Crippen LogP contribution in [0.5, 0.6) is 0 Å². The molecule has 3 amide bonds. The van der Waals surface area contributed by atoms with E-state index in [-0.39, 0.29) is 11.5 Å². The van der Waals surface area contributed by atoms with Crippen LogP contribution < -0.4 is 16.0 Å². The van der Waals surface area contributed by atoms with Gasteiger partial charge in [-0.25, -0.2) is 9.59 Å². The van der Waals surface area contributed by atoms with Crippen molar-refractivity contribution in [2.24, 2.45) is 0 Å². The Morgan fingerprint density at radius 2 is 1.49 bits per heavy atom. The van der Waals surface area contributed by atoms with E-state index in [0.29, 0.717) is 33.2 Å². The molecule has 10 heteroatoms. The zero-order valence-corrected chi connectivity index (χ0v) is 23.5. The van der Waals surface area contributed by atoms with Crippen molar-refractivity contribution in [1.29, 1.82) is 5.26 Å². The normalized spacial score (nSPS) is 11.0. The first kappa shape index (κ1) is 28.7. The second-order valence-corrected chi connectivity index (χ2v) is 9.98. The number of carboxylic acid groups (broad SMARTS) is 1. The number of carbonyl (C=O) groups is 3. The zero-order valence-electron chi connectivity index (χ0n) is 22.8. The lowest BCUT2D eigenvalue weighted by molar-refractivity contribution is -0.132. The lowest BCUT2D eigenvalue weighted by Gasteiger charge is -2.10. The van der Waals surface area contributed by atoms with Crippen molar-refractivity contribution in [3.8, 4) is 11.8 Å². The van der Waals surface area contributed by atoms with Crippen molar-refractivity contribution in [3.05, 3.63) is 124 Å². The van der Waals surface area contributed by atoms with Gasteiger partial charge in [-0.3, -0.25) is 4.79 Å². The molecule has 0 atom stereocenters. The summed E-state index contributed by atoms with van der Waals surface area (Å²) in [5, 5.41) is 28.2. The number of nitrogens with one attached hydrogen (secondary N) is 3. The fourth-order valence-electron chi connectivity index (χ4n) is 4.46. The highest BCUT2D eigenvalue weighted by Crippen LogP contribution is 2.27. The van der Waals surface area contributed by atoms with Gasteiger partial charge in [0.1, 0.15) is 11.6 Å². The number of urea groups is 1. The van der Waals surface area contributed by atoms with Crippen LogP contribution in [0.2, 0.25) is 5.02 Å². The Hall–Kier alpha value is -5.85. The Balaban J connectivity index is 1.25. The van der Waals surface area contributed by atoms with Crippen LogP contribution in [0.4, 0.5) is 21.9 Å². The summed E-state index contributed by atoms with van der Waals surface area (Å²) in [5.74, 6) is -1.61. The standard InChI is InChI=1S/C33H24ClN5O4/c1-20-16-26(12-15-29(20)34)38-33(43)37-25-8-6-21(7-9-25)31(40)36-24-10-13-27(14-11-24)39-19-23(17-22(18-35)32(41)42)28-4-2-3-5-30(28)39/h2-17,19H,1H3,(H,36,40)(H,41,42)(H2,37,38,43)/b22-17+. The van der Waals surface area contributed by atoms with E-state index in [2.05, 4.69) is 16.0 Å². The smallest absolute Gasteiger partial charge is 0.346 e. The largest absolute Gasteiger partial charge is 0.477 e. The molecule has 0 aliphatic rings. The minimum absolute atomic E-state index is 0.322. The van der Waals surface area contributed by atoms with Gasteiger partial charge in [0.05, 0.1) is 5.52 Å². The van der Waals surface area contributed by atoms with Gasteiger partial charge in [0.25, 0.3) is 5.91 Å². The maximum absolute atomic E-state index is 12.9. The molecule has 5 aromatic rings. The summed E-state index contributed by atoms with van der Waals surface area (Å²) in [5.41, 5.74) is 4.80. The SMILES string of the molecule is Cc1cc(NC(=O)Nc2ccc(C(=O)Nc3ccc(-n4cc(/C=C(\C#N)C(=O)O)c5ccccc54)cc3)cc2)ccc1Cl. The number of anilines is 3. The highest BCUT2D eigenvalue weighted by Gasteiger charge is 2.13. The molecule has 1 aromatic heterocycles. The van der Waals surface area contributed by atoms with Crippen LogP contribution in [0.25, 0.3) is 22.7 Å². The topological polar surface area (TPSA) is 136 Å². The zero-order chi connectivity index (χ0) is 30.5. The van der Waals surface area contributed by atoms with Crippen molar-refractivity contribution in [2.75, 3.05) is 16.0 Å². The molecule has 4 aromatic carbocycles. The van der Waals surface area contributed by atoms with E-state index in [4.69, 9.17) is 11.6 Å². The Morgan fingerprint density at radius 1 is 0.860 bits per heavy atom. The summed E-state index contributed by atoms with van der Waals surface area (Å²) < 4.78 is 1.89. The van der Waals surface area contributed by atoms with Gasteiger partial charge in [0, 0.05) is 50.5 Å². The van der Waals surface area contributed by atoms with Crippen LogP contribution >= 0.6 is 11.6 Å². The van der Waals surface area contributed by atoms with Crippen LogP contribution in [0.3, 0.4) is 0 Å². The molecule has 0 saturated carbocycles. The van der Waals surface area contributed by atoms with E-state index in [9.17, 15) is 24.8 Å². The van der Waals surface area contributed by atoms with Crippen molar-refractivity contribution in [3.63, 3.8) is 0 Å². The van der Waals surface area contributed by atoms with Crippen LogP contribution in [-0.4, -0.2) is 27.6 Å². The molecule has 0 unspecified atom stereocenters. The first-order chi connectivity index (χ1) is 20.7. The number of carboxylic acids is 1. The van der Waals surface area contributed by atoms with Gasteiger partial charge in [-0.2, -0.15) is 5.26 Å². The molecule has 1 heterocycles. The number of nitriles is 1. The van der Waals surface area contributed by atoms with Crippen molar-refractivity contribution < 1.29 is 19.5 Å². The quantitative estimate of drug-likeness (QED) is 0.115. The van der Waals surface area contributed by atoms with E-state index in [1.807, 2.05) is 47.9 Å². The number of halogens is 1. The molecule has 0 fully saturated rings. The summed E-state index contributed by atoms with van der Waals surface area (Å²) in [6.45, 7) is 1.85. The third-order valence-electron chi connectivity index (χ3n) is 6.62. The number of amides is 3. The van der Waals surface area contributed by atoms with Gasteiger partial charge in [-0.1, -0.05) is 29.8 Å². The van der Waals surface area contributed by atoms with E-state index in [0.717, 1.165) is 22.2 Å². The number of nitrogens with zero attached hydrogens (tertiary/aromatic N) is 2. The maximum Gasteiger partial charge on any atom is 0.346 e. The minimum atomic E-state index is -1.29. The third kappa shape index (κ3) is 6.56. The number of hydrogen-bond donors (Lipinski definition) is 4. The maximum atomic E-state index is 12.9.